The van der Waals surface area contributed by atoms with E-state index in [1.54, 1.807) is 14.2 Å². The van der Waals surface area contributed by atoms with Gasteiger partial charge in [0.25, 0.3) is 0 Å². The highest BCUT2D eigenvalue weighted by atomic mass is 16.5. The van der Waals surface area contributed by atoms with Crippen LogP contribution in [0.1, 0.15) is 11.1 Å². The predicted octanol–water partition coefficient (Wildman–Crippen LogP) is 2.05. The molecule has 0 spiro atoms. The molecule has 0 amide bonds. The maximum Gasteiger partial charge on any atom is 0.124 e. The van der Waals surface area contributed by atoms with Crippen LogP contribution in [0.4, 0.5) is 0 Å². The Bertz CT molecular complexity index is 617. The van der Waals surface area contributed by atoms with Crippen LogP contribution in [-0.4, -0.2) is 62.7 Å². The van der Waals surface area contributed by atoms with Crippen molar-refractivity contribution < 1.29 is 14.6 Å². The number of rotatable bonds is 7. The summed E-state index contributed by atoms with van der Waals surface area (Å²) in [7, 11) is 3.35. The maximum atomic E-state index is 9.46. The minimum Gasteiger partial charge on any atom is -0.496 e. The molecule has 1 N–H and O–H groups in total. The van der Waals surface area contributed by atoms with E-state index in [2.05, 4.69) is 16.5 Å². The number of hydrogen-bond acceptors (Lipinski definition) is 5. The third-order valence-corrected chi connectivity index (χ3v) is 3.99. The van der Waals surface area contributed by atoms with Gasteiger partial charge in [0, 0.05) is 37.8 Å². The first-order valence-corrected chi connectivity index (χ1v) is 8.08. The summed E-state index contributed by atoms with van der Waals surface area (Å²) in [6, 6.07) is 5.69. The summed E-state index contributed by atoms with van der Waals surface area (Å²) in [6.07, 6.45) is 3.96. The number of aliphatic hydroxyl groups excluding tert-OH is 1. The highest BCUT2D eigenvalue weighted by Gasteiger charge is 2.10. The van der Waals surface area contributed by atoms with Gasteiger partial charge in [0.05, 0.1) is 32.6 Å². The lowest BCUT2D eigenvalue weighted by Crippen LogP contribution is -2.37. The number of aliphatic hydroxyl groups is 1. The predicted molar refractivity (Wildman–Crippen MR) is 96.9 cm³/mol. The van der Waals surface area contributed by atoms with Crippen molar-refractivity contribution >= 4 is 5.71 Å². The van der Waals surface area contributed by atoms with E-state index in [9.17, 15) is 5.11 Å². The van der Waals surface area contributed by atoms with Gasteiger partial charge in [0.2, 0.25) is 0 Å². The second-order valence-electron chi connectivity index (χ2n) is 5.67. The minimum atomic E-state index is -0.0680. The molecule has 5 nitrogen and oxygen atoms in total. The largest absolute Gasteiger partial charge is 0.496 e. The third-order valence-electron chi connectivity index (χ3n) is 3.99. The zero-order valence-electron chi connectivity index (χ0n) is 14.5. The van der Waals surface area contributed by atoms with Crippen molar-refractivity contribution in [2.24, 2.45) is 4.99 Å². The third kappa shape index (κ3) is 5.03. The fraction of sp³-hybridized carbons (Fsp3) is 0.421. The molecule has 5 heteroatoms. The van der Waals surface area contributed by atoms with Gasteiger partial charge in [-0.2, -0.15) is 0 Å². The highest BCUT2D eigenvalue weighted by Crippen LogP contribution is 2.20. The number of allylic oxidation sites excluding steroid dienone is 1. The van der Waals surface area contributed by atoms with Gasteiger partial charge < -0.3 is 14.6 Å². The van der Waals surface area contributed by atoms with Crippen LogP contribution in [0.25, 0.3) is 0 Å². The summed E-state index contributed by atoms with van der Waals surface area (Å²) in [5, 5.41) is 9.46. The van der Waals surface area contributed by atoms with Crippen molar-refractivity contribution in [3.05, 3.63) is 53.6 Å². The molecule has 1 fully saturated rings. The van der Waals surface area contributed by atoms with E-state index < -0.39 is 0 Å². The van der Waals surface area contributed by atoms with Crippen LogP contribution in [0.15, 0.2) is 47.5 Å². The van der Waals surface area contributed by atoms with Gasteiger partial charge in [-0.3, -0.25) is 9.89 Å². The van der Waals surface area contributed by atoms with Crippen molar-refractivity contribution in [2.45, 2.75) is 6.61 Å². The maximum absolute atomic E-state index is 9.46. The first kappa shape index (κ1) is 18.4. The number of benzene rings is 1. The molecule has 2 rings (SSSR count). The molecule has 0 unspecified atom stereocenters. The van der Waals surface area contributed by atoms with Crippen LogP contribution in [0.2, 0.25) is 0 Å². The fourth-order valence-corrected chi connectivity index (χ4v) is 2.66. The van der Waals surface area contributed by atoms with Gasteiger partial charge in [0.1, 0.15) is 5.75 Å². The van der Waals surface area contributed by atoms with Crippen LogP contribution in [0.5, 0.6) is 5.75 Å². The van der Waals surface area contributed by atoms with E-state index in [-0.39, 0.29) is 6.61 Å². The lowest BCUT2D eigenvalue weighted by atomic mass is 10.0. The van der Waals surface area contributed by atoms with Crippen molar-refractivity contribution in [3.63, 3.8) is 0 Å². The summed E-state index contributed by atoms with van der Waals surface area (Å²) in [6.45, 7) is 8.35. The zero-order chi connectivity index (χ0) is 17.4. The average Bonchev–Trinajstić information content (AvgIpc) is 2.62. The molecule has 0 atom stereocenters. The van der Waals surface area contributed by atoms with Crippen LogP contribution in [0, 0.1) is 0 Å². The Morgan fingerprint density at radius 1 is 1.38 bits per heavy atom. The Hall–Kier alpha value is -1.95. The van der Waals surface area contributed by atoms with E-state index in [4.69, 9.17) is 9.47 Å². The van der Waals surface area contributed by atoms with Crippen molar-refractivity contribution in [1.29, 1.82) is 0 Å². The number of aliphatic imine (C=N–C) groups is 1. The Balaban J connectivity index is 2.04. The molecule has 1 aliphatic rings. The molecular formula is C19H26N2O3. The summed E-state index contributed by atoms with van der Waals surface area (Å²) in [4.78, 5) is 6.67. The smallest absolute Gasteiger partial charge is 0.124 e. The quantitative estimate of drug-likeness (QED) is 0.614. The van der Waals surface area contributed by atoms with Gasteiger partial charge in [0.15, 0.2) is 0 Å². The minimum absolute atomic E-state index is 0.0680. The van der Waals surface area contributed by atoms with Gasteiger partial charge >= 0.3 is 0 Å². The Morgan fingerprint density at radius 3 is 2.75 bits per heavy atom. The molecule has 1 aromatic rings. The molecule has 130 valence electrons. The second kappa shape index (κ2) is 9.37. The van der Waals surface area contributed by atoms with E-state index in [1.165, 1.54) is 0 Å². The van der Waals surface area contributed by atoms with Crippen LogP contribution < -0.4 is 4.74 Å². The van der Waals surface area contributed by atoms with E-state index in [0.29, 0.717) is 5.75 Å². The van der Waals surface area contributed by atoms with E-state index in [0.717, 1.165) is 55.3 Å². The Labute approximate surface area is 143 Å². The molecule has 0 bridgehead atoms. The van der Waals surface area contributed by atoms with Crippen LogP contribution in [-0.2, 0) is 11.3 Å². The lowest BCUT2D eigenvalue weighted by Gasteiger charge is -2.26. The summed E-state index contributed by atoms with van der Waals surface area (Å²) >= 11 is 0. The van der Waals surface area contributed by atoms with Gasteiger partial charge in [-0.25, -0.2) is 0 Å². The van der Waals surface area contributed by atoms with Crippen molar-refractivity contribution in [2.75, 3.05) is 47.0 Å². The molecule has 1 aliphatic heterocycles. The standard InChI is InChI=1S/C19H26N2O3/c1-15(13-21-8-10-24-11-9-21)4-6-18(20-2)16-5-7-19(23-3)17(12-16)14-22/h4-7,12,22H,1,8-11,13-14H2,2-3H3/b6-4-,20-18?. The topological polar surface area (TPSA) is 54.3 Å². The first-order chi connectivity index (χ1) is 11.7. The second-order valence-corrected chi connectivity index (χ2v) is 5.67. The number of hydrogen-bond donors (Lipinski definition) is 1. The monoisotopic (exact) mass is 330 g/mol. The highest BCUT2D eigenvalue weighted by molar-refractivity contribution is 6.09. The molecule has 0 aliphatic carbocycles. The summed E-state index contributed by atoms with van der Waals surface area (Å²) in [5.41, 5.74) is 3.57. The van der Waals surface area contributed by atoms with Gasteiger partial charge in [-0.15, -0.1) is 0 Å². The molecular weight excluding hydrogens is 304 g/mol. The molecule has 1 heterocycles. The van der Waals surface area contributed by atoms with E-state index >= 15 is 0 Å². The van der Waals surface area contributed by atoms with Crippen molar-refractivity contribution in [1.82, 2.24) is 4.90 Å². The van der Waals surface area contributed by atoms with Crippen molar-refractivity contribution in [3.8, 4) is 5.75 Å². The normalized spacial score (nSPS) is 16.5. The fourth-order valence-electron chi connectivity index (χ4n) is 2.66. The molecule has 1 aromatic carbocycles. The van der Waals surface area contributed by atoms with Gasteiger partial charge in [-0.05, 0) is 29.8 Å². The van der Waals surface area contributed by atoms with Crippen LogP contribution in [0.3, 0.4) is 0 Å². The molecule has 24 heavy (non-hydrogen) atoms. The summed E-state index contributed by atoms with van der Waals surface area (Å²) < 4.78 is 10.6. The van der Waals surface area contributed by atoms with Gasteiger partial charge in [-0.1, -0.05) is 12.7 Å². The SMILES string of the molecule is C=C(/C=C\C(=NC)c1ccc(OC)c(CO)c1)CN1CCOCC1. The molecule has 0 saturated carbocycles. The number of methoxy groups -OCH3 is 1. The molecule has 1 saturated heterocycles. The zero-order valence-corrected chi connectivity index (χ0v) is 14.5. The number of ether oxygens (including phenoxy) is 2. The lowest BCUT2D eigenvalue weighted by molar-refractivity contribution is 0.0426. The number of morpholine rings is 1. The van der Waals surface area contributed by atoms with Crippen LogP contribution >= 0.6 is 0 Å². The Kier molecular flexibility index (Phi) is 7.18. The molecule has 0 aromatic heterocycles. The average molecular weight is 330 g/mol. The number of nitrogens with zero attached hydrogens (tertiary/aromatic N) is 2. The Morgan fingerprint density at radius 2 is 2.12 bits per heavy atom. The molecule has 0 radical (unpaired) electrons. The summed E-state index contributed by atoms with van der Waals surface area (Å²) in [5.74, 6) is 0.678. The van der Waals surface area contributed by atoms with E-state index in [1.807, 2.05) is 30.4 Å². The first-order valence-electron chi connectivity index (χ1n) is 8.08.